The summed E-state index contributed by atoms with van der Waals surface area (Å²) in [5.74, 6) is 0.896. The first kappa shape index (κ1) is 25.4. The summed E-state index contributed by atoms with van der Waals surface area (Å²) in [4.78, 5) is 18.7. The molecule has 2 N–H and O–H groups in total. The third-order valence-corrected chi connectivity index (χ3v) is 7.75. The molecule has 0 aliphatic carbocycles. The Morgan fingerprint density at radius 1 is 0.946 bits per heavy atom. The average Bonchev–Trinajstić information content (AvgIpc) is 3.45. The maximum atomic E-state index is 12.7. The third-order valence-electron chi connectivity index (χ3n) is 6.45. The Kier molecular flexibility index (Phi) is 8.47. The molecule has 190 valence electrons. The number of hydrogen-bond donors (Lipinski definition) is 2. The SMILES string of the molecule is O=C(Nc1nnn[nH]1)c1ccccc1SCCN1CCN(C(c2ccccc2)c2ccc(Cl)cc2)CC1. The lowest BCUT2D eigenvalue weighted by molar-refractivity contribution is 0.102. The van der Waals surface area contributed by atoms with E-state index in [0.717, 1.165) is 48.4 Å². The number of carbonyl (C=O) groups is 1. The molecule has 1 unspecified atom stereocenters. The van der Waals surface area contributed by atoms with Crippen LogP contribution in [0.4, 0.5) is 5.95 Å². The Labute approximate surface area is 225 Å². The first-order valence-corrected chi connectivity index (χ1v) is 13.6. The molecule has 8 nitrogen and oxygen atoms in total. The van der Waals surface area contributed by atoms with Gasteiger partial charge < -0.3 is 0 Å². The lowest BCUT2D eigenvalue weighted by atomic mass is 9.96. The number of halogens is 1. The van der Waals surface area contributed by atoms with Crippen molar-refractivity contribution in [2.24, 2.45) is 0 Å². The van der Waals surface area contributed by atoms with Crippen LogP contribution in [0.1, 0.15) is 27.5 Å². The molecule has 1 saturated heterocycles. The van der Waals surface area contributed by atoms with E-state index in [-0.39, 0.29) is 17.9 Å². The van der Waals surface area contributed by atoms with Gasteiger partial charge >= 0.3 is 0 Å². The minimum Gasteiger partial charge on any atom is -0.300 e. The van der Waals surface area contributed by atoms with Gasteiger partial charge in [-0.05, 0) is 45.8 Å². The second-order valence-electron chi connectivity index (χ2n) is 8.79. The number of hydrogen-bond acceptors (Lipinski definition) is 7. The summed E-state index contributed by atoms with van der Waals surface area (Å²) >= 11 is 7.86. The standard InChI is InChI=1S/C27H28ClN7OS/c28-22-12-10-21(11-13-22)25(20-6-2-1-3-7-20)35-16-14-34(15-17-35)18-19-37-24-9-5-4-8-23(24)26(36)29-27-30-32-33-31-27/h1-13,25H,14-19H2,(H2,29,30,31,32,33,36). The van der Waals surface area contributed by atoms with Crippen LogP contribution in [0.15, 0.2) is 83.8 Å². The number of piperazine rings is 1. The monoisotopic (exact) mass is 533 g/mol. The van der Waals surface area contributed by atoms with E-state index in [0.29, 0.717) is 5.56 Å². The second kappa shape index (κ2) is 12.3. The number of tetrazole rings is 1. The van der Waals surface area contributed by atoms with Crippen LogP contribution in [-0.4, -0.2) is 74.8 Å². The van der Waals surface area contributed by atoms with Gasteiger partial charge in [-0.3, -0.25) is 19.9 Å². The summed E-state index contributed by atoms with van der Waals surface area (Å²) in [5.41, 5.74) is 3.17. The molecule has 37 heavy (non-hydrogen) atoms. The van der Waals surface area contributed by atoms with E-state index in [1.807, 2.05) is 36.4 Å². The number of nitrogens with zero attached hydrogens (tertiary/aromatic N) is 5. The van der Waals surface area contributed by atoms with Crippen molar-refractivity contribution in [3.05, 3.63) is 101 Å². The Morgan fingerprint density at radius 3 is 2.38 bits per heavy atom. The predicted octanol–water partition coefficient (Wildman–Crippen LogP) is 4.60. The molecular formula is C27H28ClN7OS. The van der Waals surface area contributed by atoms with Crippen LogP contribution in [0.5, 0.6) is 0 Å². The number of rotatable bonds is 9. The fourth-order valence-corrected chi connectivity index (χ4v) is 5.78. The summed E-state index contributed by atoms with van der Waals surface area (Å²) in [5, 5.41) is 16.7. The van der Waals surface area contributed by atoms with Crippen LogP contribution < -0.4 is 5.32 Å². The number of thioether (sulfide) groups is 1. The van der Waals surface area contributed by atoms with Gasteiger partial charge in [-0.15, -0.1) is 11.8 Å². The molecule has 0 saturated carbocycles. The molecular weight excluding hydrogens is 506 g/mol. The van der Waals surface area contributed by atoms with Crippen molar-refractivity contribution in [2.45, 2.75) is 10.9 Å². The van der Waals surface area contributed by atoms with Gasteiger partial charge in [-0.2, -0.15) is 0 Å². The molecule has 1 aliphatic heterocycles. The number of anilines is 1. The van der Waals surface area contributed by atoms with E-state index in [1.165, 1.54) is 11.1 Å². The molecule has 5 rings (SSSR count). The summed E-state index contributed by atoms with van der Waals surface area (Å²) in [6.07, 6.45) is 0. The number of carbonyl (C=O) groups excluding carboxylic acids is 1. The van der Waals surface area contributed by atoms with E-state index in [9.17, 15) is 4.79 Å². The van der Waals surface area contributed by atoms with Gasteiger partial charge in [0.15, 0.2) is 0 Å². The number of H-pyrrole nitrogens is 1. The highest BCUT2D eigenvalue weighted by Crippen LogP contribution is 2.30. The summed E-state index contributed by atoms with van der Waals surface area (Å²) < 4.78 is 0. The number of amides is 1. The zero-order valence-corrected chi connectivity index (χ0v) is 21.8. The van der Waals surface area contributed by atoms with E-state index in [1.54, 1.807) is 11.8 Å². The fraction of sp³-hybridized carbons (Fsp3) is 0.259. The molecule has 1 aromatic heterocycles. The van der Waals surface area contributed by atoms with Crippen molar-refractivity contribution in [1.82, 2.24) is 30.4 Å². The molecule has 0 bridgehead atoms. The van der Waals surface area contributed by atoms with Gasteiger partial charge in [0.1, 0.15) is 0 Å². The minimum absolute atomic E-state index is 0.208. The maximum Gasteiger partial charge on any atom is 0.259 e. The Hall–Kier alpha value is -3.24. The smallest absolute Gasteiger partial charge is 0.259 e. The molecule has 1 fully saturated rings. The van der Waals surface area contributed by atoms with Crippen molar-refractivity contribution in [2.75, 3.05) is 43.8 Å². The number of benzene rings is 3. The molecule has 0 radical (unpaired) electrons. The largest absolute Gasteiger partial charge is 0.300 e. The Balaban J connectivity index is 1.17. The molecule has 2 heterocycles. The molecule has 3 aromatic carbocycles. The quantitative estimate of drug-likeness (QED) is 0.304. The van der Waals surface area contributed by atoms with Gasteiger partial charge in [0.25, 0.3) is 5.91 Å². The van der Waals surface area contributed by atoms with Crippen molar-refractivity contribution >= 4 is 35.2 Å². The summed E-state index contributed by atoms with van der Waals surface area (Å²) in [6, 6.07) is 26.7. The normalized spacial score (nSPS) is 15.4. The first-order chi connectivity index (χ1) is 18.2. The lowest BCUT2D eigenvalue weighted by Crippen LogP contribution is -2.48. The van der Waals surface area contributed by atoms with Crippen molar-refractivity contribution in [1.29, 1.82) is 0 Å². The summed E-state index contributed by atoms with van der Waals surface area (Å²) in [6.45, 7) is 4.92. The van der Waals surface area contributed by atoms with Crippen LogP contribution in [0.3, 0.4) is 0 Å². The molecule has 4 aromatic rings. The topological polar surface area (TPSA) is 90.0 Å². The van der Waals surface area contributed by atoms with Crippen molar-refractivity contribution < 1.29 is 4.79 Å². The predicted molar refractivity (Wildman–Crippen MR) is 147 cm³/mol. The summed E-state index contributed by atoms with van der Waals surface area (Å²) in [7, 11) is 0. The first-order valence-electron chi connectivity index (χ1n) is 12.2. The third kappa shape index (κ3) is 6.56. The highest BCUT2D eigenvalue weighted by molar-refractivity contribution is 7.99. The zero-order chi connectivity index (χ0) is 25.5. The van der Waals surface area contributed by atoms with Crippen molar-refractivity contribution in [3.8, 4) is 0 Å². The highest BCUT2D eigenvalue weighted by atomic mass is 35.5. The molecule has 1 aliphatic rings. The van der Waals surface area contributed by atoms with Gasteiger partial charge in [-0.1, -0.05) is 71.3 Å². The van der Waals surface area contributed by atoms with Gasteiger partial charge in [-0.25, -0.2) is 5.10 Å². The zero-order valence-electron chi connectivity index (χ0n) is 20.3. The Bertz CT molecular complexity index is 1280. The van der Waals surface area contributed by atoms with Crippen LogP contribution in [0, 0.1) is 0 Å². The number of aromatic amines is 1. The molecule has 10 heteroatoms. The van der Waals surface area contributed by atoms with E-state index in [4.69, 9.17) is 11.6 Å². The molecule has 0 spiro atoms. The average molecular weight is 534 g/mol. The second-order valence-corrected chi connectivity index (χ2v) is 10.4. The Morgan fingerprint density at radius 2 is 1.65 bits per heavy atom. The maximum absolute atomic E-state index is 12.7. The van der Waals surface area contributed by atoms with Crippen molar-refractivity contribution in [3.63, 3.8) is 0 Å². The molecule has 1 amide bonds. The van der Waals surface area contributed by atoms with E-state index in [2.05, 4.69) is 78.2 Å². The minimum atomic E-state index is -0.232. The van der Waals surface area contributed by atoms with Crippen LogP contribution in [0.2, 0.25) is 5.02 Å². The van der Waals surface area contributed by atoms with Gasteiger partial charge in [0.05, 0.1) is 11.6 Å². The van der Waals surface area contributed by atoms with Crippen LogP contribution in [-0.2, 0) is 0 Å². The lowest BCUT2D eigenvalue weighted by Gasteiger charge is -2.39. The number of aromatic nitrogens is 4. The highest BCUT2D eigenvalue weighted by Gasteiger charge is 2.26. The van der Waals surface area contributed by atoms with Crippen LogP contribution >= 0.6 is 23.4 Å². The fourth-order valence-electron chi connectivity index (χ4n) is 4.59. The molecule has 1 atom stereocenters. The van der Waals surface area contributed by atoms with E-state index < -0.39 is 0 Å². The van der Waals surface area contributed by atoms with Crippen LogP contribution in [0.25, 0.3) is 0 Å². The van der Waals surface area contributed by atoms with Gasteiger partial charge in [0, 0.05) is 48.4 Å². The van der Waals surface area contributed by atoms with Gasteiger partial charge in [0.2, 0.25) is 5.95 Å². The van der Waals surface area contributed by atoms with E-state index >= 15 is 0 Å². The number of nitrogens with one attached hydrogen (secondary N) is 2.